The number of fused-ring (bicyclic) bond motifs is 1. The van der Waals surface area contributed by atoms with E-state index in [1.165, 1.54) is 0 Å². The van der Waals surface area contributed by atoms with E-state index in [9.17, 15) is 9.59 Å². The van der Waals surface area contributed by atoms with E-state index in [2.05, 4.69) is 15.2 Å². The molecule has 2 aromatic heterocycles. The van der Waals surface area contributed by atoms with Gasteiger partial charge in [0.15, 0.2) is 0 Å². The fourth-order valence-electron chi connectivity index (χ4n) is 4.07. The van der Waals surface area contributed by atoms with Crippen LogP contribution >= 0.6 is 0 Å². The standard InChI is InChI=1S/C24H28N4O3/c1-4-27-15-21(22(29)20-10-5-16(2)25-23(20)27)24(30)26-17-6-8-18(9-7-17)28-13-11-19(31-3)12-14-28/h5-10,15,19H,4,11-14H2,1-3H3,(H,26,30). The molecule has 1 amide bonds. The molecule has 1 aliphatic heterocycles. The molecule has 162 valence electrons. The van der Waals surface area contributed by atoms with Crippen LogP contribution in [0.15, 0.2) is 47.4 Å². The molecule has 0 spiro atoms. The van der Waals surface area contributed by atoms with E-state index in [4.69, 9.17) is 4.74 Å². The van der Waals surface area contributed by atoms with Crippen LogP contribution in [-0.4, -0.2) is 41.8 Å². The summed E-state index contributed by atoms with van der Waals surface area (Å²) in [5.74, 6) is -0.414. The number of anilines is 2. The van der Waals surface area contributed by atoms with E-state index in [0.717, 1.165) is 37.3 Å². The van der Waals surface area contributed by atoms with Gasteiger partial charge in [0.1, 0.15) is 11.2 Å². The van der Waals surface area contributed by atoms with Crippen LogP contribution in [0.2, 0.25) is 0 Å². The summed E-state index contributed by atoms with van der Waals surface area (Å²) in [6.45, 7) is 6.36. The first-order chi connectivity index (χ1) is 15.0. The molecule has 3 aromatic rings. The quantitative estimate of drug-likeness (QED) is 0.683. The molecule has 4 rings (SSSR count). The first kappa shape index (κ1) is 21.1. The highest BCUT2D eigenvalue weighted by Crippen LogP contribution is 2.23. The molecule has 0 aliphatic carbocycles. The second-order valence-electron chi connectivity index (χ2n) is 7.90. The Bertz CT molecular complexity index is 1150. The lowest BCUT2D eigenvalue weighted by Gasteiger charge is -2.33. The van der Waals surface area contributed by atoms with E-state index in [1.54, 1.807) is 25.4 Å². The van der Waals surface area contributed by atoms with Crippen LogP contribution in [-0.2, 0) is 11.3 Å². The van der Waals surface area contributed by atoms with Gasteiger partial charge < -0.3 is 19.5 Å². The number of hydrogen-bond donors (Lipinski definition) is 1. The molecule has 1 aliphatic rings. The van der Waals surface area contributed by atoms with Crippen LogP contribution < -0.4 is 15.6 Å². The van der Waals surface area contributed by atoms with E-state index >= 15 is 0 Å². The third-order valence-corrected chi connectivity index (χ3v) is 5.91. The van der Waals surface area contributed by atoms with Crippen molar-refractivity contribution in [2.45, 2.75) is 39.3 Å². The zero-order valence-corrected chi connectivity index (χ0v) is 18.2. The molecule has 1 saturated heterocycles. The van der Waals surface area contributed by atoms with Crippen LogP contribution in [0.4, 0.5) is 11.4 Å². The molecule has 0 saturated carbocycles. The maximum atomic E-state index is 12.9. The zero-order chi connectivity index (χ0) is 22.0. The molecule has 1 aromatic carbocycles. The lowest BCUT2D eigenvalue weighted by atomic mass is 10.1. The van der Waals surface area contributed by atoms with E-state index in [0.29, 0.717) is 29.4 Å². The third kappa shape index (κ3) is 4.32. The highest BCUT2D eigenvalue weighted by molar-refractivity contribution is 6.05. The Hall–Kier alpha value is -3.19. The highest BCUT2D eigenvalue weighted by atomic mass is 16.5. The Morgan fingerprint density at radius 2 is 1.87 bits per heavy atom. The molecular formula is C24H28N4O3. The molecule has 1 N–H and O–H groups in total. The predicted octanol–water partition coefficient (Wildman–Crippen LogP) is 3.59. The van der Waals surface area contributed by atoms with Crippen LogP contribution in [0, 0.1) is 6.92 Å². The molecule has 7 nitrogen and oxygen atoms in total. The average molecular weight is 421 g/mol. The number of carbonyl (C=O) groups excluding carboxylic acids is 1. The maximum absolute atomic E-state index is 12.9. The van der Waals surface area contributed by atoms with Crippen LogP contribution in [0.3, 0.4) is 0 Å². The van der Waals surface area contributed by atoms with Crippen molar-refractivity contribution in [2.75, 3.05) is 30.4 Å². The Kier molecular flexibility index (Phi) is 6.04. The predicted molar refractivity (Wildman–Crippen MR) is 123 cm³/mol. The number of ether oxygens (including phenoxy) is 1. The molecule has 0 bridgehead atoms. The van der Waals surface area contributed by atoms with Gasteiger partial charge in [-0.05, 0) is 63.1 Å². The van der Waals surface area contributed by atoms with Gasteiger partial charge in [-0.3, -0.25) is 9.59 Å². The van der Waals surface area contributed by atoms with Crippen molar-refractivity contribution in [3.05, 3.63) is 64.1 Å². The Morgan fingerprint density at radius 1 is 1.16 bits per heavy atom. The Morgan fingerprint density at radius 3 is 2.52 bits per heavy atom. The molecule has 1 fully saturated rings. The Balaban J connectivity index is 1.53. The maximum Gasteiger partial charge on any atom is 0.261 e. The Labute approximate surface area is 181 Å². The summed E-state index contributed by atoms with van der Waals surface area (Å²) in [7, 11) is 1.76. The van der Waals surface area contributed by atoms with Crippen molar-refractivity contribution >= 4 is 28.3 Å². The summed E-state index contributed by atoms with van der Waals surface area (Å²) in [6.07, 6.45) is 3.95. The van der Waals surface area contributed by atoms with Gasteiger partial charge in [0.25, 0.3) is 5.91 Å². The normalized spacial score (nSPS) is 14.7. The summed E-state index contributed by atoms with van der Waals surface area (Å²) in [4.78, 5) is 32.6. The topological polar surface area (TPSA) is 76.5 Å². The van der Waals surface area contributed by atoms with Gasteiger partial charge in [-0.2, -0.15) is 0 Å². The number of amides is 1. The summed E-state index contributed by atoms with van der Waals surface area (Å²) >= 11 is 0. The van der Waals surface area contributed by atoms with E-state index < -0.39 is 5.91 Å². The first-order valence-electron chi connectivity index (χ1n) is 10.7. The summed E-state index contributed by atoms with van der Waals surface area (Å²) in [5, 5.41) is 3.32. The highest BCUT2D eigenvalue weighted by Gasteiger charge is 2.19. The van der Waals surface area contributed by atoms with Gasteiger partial charge in [-0.25, -0.2) is 4.98 Å². The SMILES string of the molecule is CCn1cc(C(=O)Nc2ccc(N3CCC(OC)CC3)cc2)c(=O)c2ccc(C)nc21. The van der Waals surface area contributed by atoms with Crippen molar-refractivity contribution in [2.24, 2.45) is 0 Å². The van der Waals surface area contributed by atoms with Crippen molar-refractivity contribution in [3.8, 4) is 0 Å². The van der Waals surface area contributed by atoms with E-state index in [1.807, 2.05) is 42.7 Å². The van der Waals surface area contributed by atoms with Gasteiger partial charge in [0.05, 0.1) is 11.5 Å². The fourth-order valence-corrected chi connectivity index (χ4v) is 4.07. The van der Waals surface area contributed by atoms with Gasteiger partial charge in [-0.15, -0.1) is 0 Å². The van der Waals surface area contributed by atoms with Gasteiger partial charge >= 0.3 is 0 Å². The number of rotatable bonds is 5. The smallest absolute Gasteiger partial charge is 0.261 e. The van der Waals surface area contributed by atoms with Crippen molar-refractivity contribution in [3.63, 3.8) is 0 Å². The van der Waals surface area contributed by atoms with Gasteiger partial charge in [0.2, 0.25) is 5.43 Å². The van der Waals surface area contributed by atoms with Crippen LogP contribution in [0.5, 0.6) is 0 Å². The third-order valence-electron chi connectivity index (χ3n) is 5.91. The van der Waals surface area contributed by atoms with Crippen molar-refractivity contribution in [1.82, 2.24) is 9.55 Å². The summed E-state index contributed by atoms with van der Waals surface area (Å²) in [5.41, 5.74) is 3.02. The number of hydrogen-bond acceptors (Lipinski definition) is 5. The summed E-state index contributed by atoms with van der Waals surface area (Å²) in [6, 6.07) is 11.3. The number of nitrogens with one attached hydrogen (secondary N) is 1. The van der Waals surface area contributed by atoms with Gasteiger partial charge in [0, 0.05) is 50.0 Å². The summed E-state index contributed by atoms with van der Waals surface area (Å²) < 4.78 is 7.27. The molecule has 0 radical (unpaired) electrons. The molecule has 0 unspecified atom stereocenters. The molecule has 31 heavy (non-hydrogen) atoms. The minimum Gasteiger partial charge on any atom is -0.381 e. The monoisotopic (exact) mass is 420 g/mol. The second-order valence-corrected chi connectivity index (χ2v) is 7.90. The number of piperidine rings is 1. The number of aryl methyl sites for hydroxylation is 2. The minimum atomic E-state index is -0.414. The molecule has 7 heteroatoms. The van der Waals surface area contributed by atoms with Crippen molar-refractivity contribution < 1.29 is 9.53 Å². The lowest BCUT2D eigenvalue weighted by molar-refractivity contribution is 0.0819. The number of nitrogens with zero attached hydrogens (tertiary/aromatic N) is 3. The number of methoxy groups -OCH3 is 1. The number of benzene rings is 1. The number of carbonyl (C=O) groups is 1. The number of pyridine rings is 2. The van der Waals surface area contributed by atoms with Gasteiger partial charge in [-0.1, -0.05) is 0 Å². The van der Waals surface area contributed by atoms with Crippen LogP contribution in [0.1, 0.15) is 35.8 Å². The van der Waals surface area contributed by atoms with Crippen LogP contribution in [0.25, 0.3) is 11.0 Å². The second kappa shape index (κ2) is 8.89. The zero-order valence-electron chi connectivity index (χ0n) is 18.2. The molecule has 0 atom stereocenters. The number of aromatic nitrogens is 2. The first-order valence-corrected chi connectivity index (χ1v) is 10.7. The molecular weight excluding hydrogens is 392 g/mol. The molecule has 3 heterocycles. The largest absolute Gasteiger partial charge is 0.381 e. The fraction of sp³-hybridized carbons (Fsp3) is 0.375. The van der Waals surface area contributed by atoms with Crippen molar-refractivity contribution in [1.29, 1.82) is 0 Å². The minimum absolute atomic E-state index is 0.116. The average Bonchev–Trinajstić information content (AvgIpc) is 2.80. The van der Waals surface area contributed by atoms with E-state index in [-0.39, 0.29) is 11.0 Å². The lowest BCUT2D eigenvalue weighted by Crippen LogP contribution is -2.36.